The van der Waals surface area contributed by atoms with Crippen molar-refractivity contribution in [3.05, 3.63) is 86.9 Å². The van der Waals surface area contributed by atoms with Gasteiger partial charge in [0.05, 0.1) is 17.1 Å². The highest BCUT2D eigenvalue weighted by Crippen LogP contribution is 2.37. The van der Waals surface area contributed by atoms with Crippen molar-refractivity contribution >= 4 is 29.4 Å². The van der Waals surface area contributed by atoms with Crippen molar-refractivity contribution in [3.8, 4) is 0 Å². The second-order valence-electron chi connectivity index (χ2n) is 7.18. The average Bonchev–Trinajstić information content (AvgIpc) is 3.20. The highest BCUT2D eigenvalue weighted by atomic mass is 32.2. The Hall–Kier alpha value is -3.73. The van der Waals surface area contributed by atoms with E-state index in [0.29, 0.717) is 39.3 Å². The molecule has 0 bridgehead atoms. The zero-order valence-electron chi connectivity index (χ0n) is 17.8. The highest BCUT2D eigenvalue weighted by Gasteiger charge is 2.35. The Morgan fingerprint density at radius 2 is 2.00 bits per heavy atom. The first-order chi connectivity index (χ1) is 15.9. The van der Waals surface area contributed by atoms with Crippen LogP contribution in [0.3, 0.4) is 0 Å². The summed E-state index contributed by atoms with van der Waals surface area (Å²) in [5.41, 5.74) is 1.94. The van der Waals surface area contributed by atoms with Gasteiger partial charge in [-0.15, -0.1) is 5.10 Å². The third-order valence-electron chi connectivity index (χ3n) is 5.06. The van der Waals surface area contributed by atoms with Gasteiger partial charge in [-0.2, -0.15) is 4.98 Å². The predicted molar refractivity (Wildman–Crippen MR) is 120 cm³/mol. The third-order valence-corrected chi connectivity index (χ3v) is 5.95. The van der Waals surface area contributed by atoms with E-state index in [1.807, 2.05) is 0 Å². The molecule has 170 valence electrons. The van der Waals surface area contributed by atoms with Gasteiger partial charge in [-0.25, -0.2) is 13.9 Å². The molecule has 4 rings (SSSR count). The van der Waals surface area contributed by atoms with Crippen LogP contribution in [-0.4, -0.2) is 32.3 Å². The summed E-state index contributed by atoms with van der Waals surface area (Å²) in [6, 6.07) is 11.7. The van der Waals surface area contributed by atoms with Crippen LogP contribution >= 0.6 is 11.8 Å². The minimum absolute atomic E-state index is 0.0639. The molecule has 1 N–H and O–H groups in total. The van der Waals surface area contributed by atoms with Gasteiger partial charge in [0.25, 0.3) is 5.69 Å². The van der Waals surface area contributed by atoms with Crippen LogP contribution in [0.15, 0.2) is 65.0 Å². The summed E-state index contributed by atoms with van der Waals surface area (Å²) in [6.45, 7) is 3.63. The molecular weight excluding hydrogens is 449 g/mol. The molecule has 1 atom stereocenters. The maximum absolute atomic E-state index is 14.0. The van der Waals surface area contributed by atoms with E-state index in [-0.39, 0.29) is 18.1 Å². The molecule has 33 heavy (non-hydrogen) atoms. The van der Waals surface area contributed by atoms with Gasteiger partial charge in [-0.1, -0.05) is 30.0 Å². The van der Waals surface area contributed by atoms with E-state index in [2.05, 4.69) is 15.4 Å². The molecule has 0 radical (unpaired) electrons. The first-order valence-electron chi connectivity index (χ1n) is 10.1. The molecule has 1 aliphatic rings. The van der Waals surface area contributed by atoms with Gasteiger partial charge in [-0.05, 0) is 43.2 Å². The number of halogens is 1. The maximum atomic E-state index is 14.0. The predicted octanol–water partition coefficient (Wildman–Crippen LogP) is 4.47. The Labute approximate surface area is 192 Å². The number of nitrogens with zero attached hydrogens (tertiary/aromatic N) is 4. The van der Waals surface area contributed by atoms with E-state index >= 15 is 0 Å². The molecule has 1 aromatic heterocycles. The highest BCUT2D eigenvalue weighted by molar-refractivity contribution is 7.98. The number of nitro benzene ring substituents is 1. The molecule has 0 aliphatic carbocycles. The number of thioether (sulfide) groups is 1. The van der Waals surface area contributed by atoms with Crippen LogP contribution in [0.4, 0.5) is 16.0 Å². The number of esters is 1. The SMILES string of the molecule is CCOC(=O)C1=C(C)Nc2nc(SCc3ccccc3F)nn2C1c1ccc([N+](=O)[O-])cc1. The van der Waals surface area contributed by atoms with Crippen molar-refractivity contribution in [3.63, 3.8) is 0 Å². The van der Waals surface area contributed by atoms with Crippen molar-refractivity contribution in [2.75, 3.05) is 11.9 Å². The number of nitrogens with one attached hydrogen (secondary N) is 1. The van der Waals surface area contributed by atoms with Gasteiger partial charge in [-0.3, -0.25) is 10.1 Å². The van der Waals surface area contributed by atoms with Crippen LogP contribution in [0.5, 0.6) is 0 Å². The van der Waals surface area contributed by atoms with E-state index in [4.69, 9.17) is 4.74 Å². The van der Waals surface area contributed by atoms with Crippen LogP contribution in [0, 0.1) is 15.9 Å². The number of non-ortho nitro benzene ring substituents is 1. The normalized spacial score (nSPS) is 15.1. The summed E-state index contributed by atoms with van der Waals surface area (Å²) in [7, 11) is 0. The Morgan fingerprint density at radius 1 is 1.27 bits per heavy atom. The largest absolute Gasteiger partial charge is 0.463 e. The van der Waals surface area contributed by atoms with Crippen LogP contribution in [-0.2, 0) is 15.3 Å². The second kappa shape index (κ2) is 9.41. The minimum Gasteiger partial charge on any atom is -0.463 e. The molecular formula is C22H20FN5O4S. The lowest BCUT2D eigenvalue weighted by atomic mass is 9.95. The van der Waals surface area contributed by atoms with Gasteiger partial charge in [0.15, 0.2) is 0 Å². The van der Waals surface area contributed by atoms with Crippen LogP contribution < -0.4 is 5.32 Å². The molecule has 0 saturated carbocycles. The van der Waals surface area contributed by atoms with Crippen molar-refractivity contribution in [1.29, 1.82) is 0 Å². The zero-order valence-corrected chi connectivity index (χ0v) is 18.6. The number of carbonyl (C=O) groups is 1. The smallest absolute Gasteiger partial charge is 0.338 e. The molecule has 3 aromatic rings. The molecule has 0 amide bonds. The standard InChI is InChI=1S/C22H20FN5O4S/c1-3-32-20(29)18-13(2)24-21-25-22(33-12-15-6-4-5-7-17(15)23)26-27(21)19(18)14-8-10-16(11-9-14)28(30)31/h4-11,19H,3,12H2,1-2H3,(H,24,25,26). The maximum Gasteiger partial charge on any atom is 0.338 e. The van der Waals surface area contributed by atoms with E-state index in [1.165, 1.54) is 30.0 Å². The van der Waals surface area contributed by atoms with Gasteiger partial charge in [0.2, 0.25) is 11.1 Å². The molecule has 1 aliphatic heterocycles. The summed E-state index contributed by atoms with van der Waals surface area (Å²) in [4.78, 5) is 27.9. The number of hydrogen-bond acceptors (Lipinski definition) is 8. The number of carbonyl (C=O) groups excluding carboxylic acids is 1. The fourth-order valence-corrected chi connectivity index (χ4v) is 4.33. The second-order valence-corrected chi connectivity index (χ2v) is 8.12. The summed E-state index contributed by atoms with van der Waals surface area (Å²) in [5.74, 6) is -0.0967. The molecule has 2 heterocycles. The molecule has 1 unspecified atom stereocenters. The Balaban J connectivity index is 1.71. The molecule has 2 aromatic carbocycles. The van der Waals surface area contributed by atoms with Crippen LogP contribution in [0.1, 0.15) is 31.0 Å². The number of ether oxygens (including phenoxy) is 1. The Kier molecular flexibility index (Phi) is 6.40. The van der Waals surface area contributed by atoms with E-state index in [0.717, 1.165) is 0 Å². The molecule has 0 spiro atoms. The van der Waals surface area contributed by atoms with Gasteiger partial charge in [0.1, 0.15) is 11.9 Å². The van der Waals surface area contributed by atoms with Crippen molar-refractivity contribution < 1.29 is 18.8 Å². The summed E-state index contributed by atoms with van der Waals surface area (Å²) < 4.78 is 20.8. The lowest BCUT2D eigenvalue weighted by Gasteiger charge is -2.28. The third kappa shape index (κ3) is 4.58. The number of nitro groups is 1. The van der Waals surface area contributed by atoms with Crippen molar-refractivity contribution in [2.45, 2.75) is 30.8 Å². The first-order valence-corrected chi connectivity index (χ1v) is 11.1. The number of aromatic nitrogens is 3. The lowest BCUT2D eigenvalue weighted by molar-refractivity contribution is -0.384. The zero-order chi connectivity index (χ0) is 23.5. The van der Waals surface area contributed by atoms with Crippen molar-refractivity contribution in [2.24, 2.45) is 0 Å². The number of rotatable bonds is 7. The van der Waals surface area contributed by atoms with Gasteiger partial charge >= 0.3 is 5.97 Å². The fraction of sp³-hybridized carbons (Fsp3) is 0.227. The topological polar surface area (TPSA) is 112 Å². The average molecular weight is 469 g/mol. The number of hydrogen-bond donors (Lipinski definition) is 1. The molecule has 0 fully saturated rings. The van der Waals surface area contributed by atoms with Crippen molar-refractivity contribution in [1.82, 2.24) is 14.8 Å². The Bertz CT molecular complexity index is 1240. The van der Waals surface area contributed by atoms with Gasteiger partial charge < -0.3 is 10.1 Å². The quantitative estimate of drug-likeness (QED) is 0.233. The number of anilines is 1. The number of benzene rings is 2. The number of fused-ring (bicyclic) bond motifs is 1. The number of allylic oxidation sites excluding steroid dienone is 1. The van der Waals surface area contributed by atoms with Crippen LogP contribution in [0.25, 0.3) is 0 Å². The fourth-order valence-electron chi connectivity index (χ4n) is 3.51. The molecule has 9 nitrogen and oxygen atoms in total. The summed E-state index contributed by atoms with van der Waals surface area (Å²) >= 11 is 1.26. The minimum atomic E-state index is -0.698. The molecule has 0 saturated heterocycles. The van der Waals surface area contributed by atoms with Crippen LogP contribution in [0.2, 0.25) is 0 Å². The van der Waals surface area contributed by atoms with Gasteiger partial charge in [0, 0.05) is 23.6 Å². The summed E-state index contributed by atoms with van der Waals surface area (Å²) in [5, 5.41) is 19.1. The van der Waals surface area contributed by atoms with E-state index < -0.39 is 16.9 Å². The Morgan fingerprint density at radius 3 is 2.67 bits per heavy atom. The van der Waals surface area contributed by atoms with E-state index in [1.54, 1.807) is 48.9 Å². The molecule has 11 heteroatoms. The lowest BCUT2D eigenvalue weighted by Crippen LogP contribution is -2.29. The first kappa shape index (κ1) is 22.5. The van der Waals surface area contributed by atoms with E-state index in [9.17, 15) is 19.3 Å². The summed E-state index contributed by atoms with van der Waals surface area (Å²) in [6.07, 6.45) is 0. The monoisotopic (exact) mass is 469 g/mol.